The number of amides is 1. The van der Waals surface area contributed by atoms with Crippen LogP contribution in [0.15, 0.2) is 42.7 Å². The molecule has 0 bridgehead atoms. The predicted octanol–water partition coefficient (Wildman–Crippen LogP) is 1.54. The van der Waals surface area contributed by atoms with Gasteiger partial charge >= 0.3 is 5.97 Å². The third kappa shape index (κ3) is 4.36. The minimum absolute atomic E-state index is 0.183. The maximum Gasteiger partial charge on any atom is 0.338 e. The van der Waals surface area contributed by atoms with Gasteiger partial charge in [-0.1, -0.05) is 19.1 Å². The number of aryl methyl sites for hydroxylation is 1. The Morgan fingerprint density at radius 2 is 1.69 bits per heavy atom. The van der Waals surface area contributed by atoms with Crippen LogP contribution in [0.25, 0.3) is 0 Å². The lowest BCUT2D eigenvalue weighted by atomic mass is 10.1. The van der Waals surface area contributed by atoms with Gasteiger partial charge in [-0.05, 0) is 30.2 Å². The van der Waals surface area contributed by atoms with Crippen molar-refractivity contribution in [2.24, 2.45) is 0 Å². The van der Waals surface area contributed by atoms with Crippen LogP contribution in [0.3, 0.4) is 0 Å². The molecule has 0 atom stereocenters. The van der Waals surface area contributed by atoms with Crippen LogP contribution in [0.5, 0.6) is 0 Å². The van der Waals surface area contributed by atoms with E-state index in [-0.39, 0.29) is 12.5 Å². The molecule has 2 aromatic rings. The lowest BCUT2D eigenvalue weighted by Gasteiger charge is -2.34. The Labute approximate surface area is 152 Å². The number of carbonyl (C=O) groups excluding carboxylic acids is 2. The lowest BCUT2D eigenvalue weighted by molar-refractivity contribution is -0.134. The molecular formula is C19H22N4O3. The van der Waals surface area contributed by atoms with Gasteiger partial charge < -0.3 is 14.5 Å². The Hall–Kier alpha value is -2.96. The largest absolute Gasteiger partial charge is 0.452 e. The molecule has 0 saturated carbocycles. The molecule has 0 unspecified atom stereocenters. The molecule has 1 amide bonds. The van der Waals surface area contributed by atoms with E-state index in [0.717, 1.165) is 12.0 Å². The third-order valence-corrected chi connectivity index (χ3v) is 4.39. The van der Waals surface area contributed by atoms with Crippen LogP contribution in [0.1, 0.15) is 22.8 Å². The molecule has 0 spiro atoms. The van der Waals surface area contributed by atoms with Crippen LogP contribution in [0.4, 0.5) is 5.95 Å². The van der Waals surface area contributed by atoms with Gasteiger partial charge in [-0.2, -0.15) is 0 Å². The highest BCUT2D eigenvalue weighted by Gasteiger charge is 2.23. The number of esters is 1. The second kappa shape index (κ2) is 8.42. The van der Waals surface area contributed by atoms with Crippen molar-refractivity contribution in [3.63, 3.8) is 0 Å². The Kier molecular flexibility index (Phi) is 5.78. The molecule has 1 aromatic carbocycles. The van der Waals surface area contributed by atoms with Crippen molar-refractivity contribution in [2.45, 2.75) is 13.3 Å². The van der Waals surface area contributed by atoms with Crippen molar-refractivity contribution in [2.75, 3.05) is 37.7 Å². The van der Waals surface area contributed by atoms with Crippen LogP contribution in [-0.4, -0.2) is 59.5 Å². The highest BCUT2D eigenvalue weighted by molar-refractivity contribution is 5.91. The zero-order valence-corrected chi connectivity index (χ0v) is 14.8. The molecule has 0 N–H and O–H groups in total. The van der Waals surface area contributed by atoms with Crippen molar-refractivity contribution in [3.05, 3.63) is 53.9 Å². The van der Waals surface area contributed by atoms with E-state index >= 15 is 0 Å². The van der Waals surface area contributed by atoms with Crippen molar-refractivity contribution < 1.29 is 14.3 Å². The van der Waals surface area contributed by atoms with Crippen molar-refractivity contribution in [3.8, 4) is 0 Å². The van der Waals surface area contributed by atoms with Gasteiger partial charge in [0, 0.05) is 38.6 Å². The zero-order chi connectivity index (χ0) is 18.4. The van der Waals surface area contributed by atoms with Gasteiger partial charge in [-0.3, -0.25) is 4.79 Å². The molecule has 1 aliphatic rings. The molecule has 1 saturated heterocycles. The van der Waals surface area contributed by atoms with Gasteiger partial charge in [0.2, 0.25) is 5.95 Å². The number of nitrogens with zero attached hydrogens (tertiary/aromatic N) is 4. The molecule has 0 aliphatic carbocycles. The van der Waals surface area contributed by atoms with Crippen LogP contribution < -0.4 is 4.90 Å². The van der Waals surface area contributed by atoms with Crippen LogP contribution >= 0.6 is 0 Å². The third-order valence-electron chi connectivity index (χ3n) is 4.39. The second-order valence-corrected chi connectivity index (χ2v) is 6.04. The Morgan fingerprint density at radius 1 is 1.04 bits per heavy atom. The highest BCUT2D eigenvalue weighted by atomic mass is 16.5. The first-order valence-corrected chi connectivity index (χ1v) is 8.73. The van der Waals surface area contributed by atoms with E-state index in [9.17, 15) is 9.59 Å². The van der Waals surface area contributed by atoms with E-state index in [2.05, 4.69) is 16.9 Å². The summed E-state index contributed by atoms with van der Waals surface area (Å²) in [5.74, 6) is 0.0102. The van der Waals surface area contributed by atoms with Gasteiger partial charge in [-0.15, -0.1) is 0 Å². The summed E-state index contributed by atoms with van der Waals surface area (Å²) in [5, 5.41) is 0. The first kappa shape index (κ1) is 17.8. The monoisotopic (exact) mass is 354 g/mol. The topological polar surface area (TPSA) is 75.6 Å². The Morgan fingerprint density at radius 3 is 2.31 bits per heavy atom. The fourth-order valence-corrected chi connectivity index (χ4v) is 2.79. The molecule has 2 heterocycles. The van der Waals surface area contributed by atoms with Crippen LogP contribution in [0, 0.1) is 0 Å². The summed E-state index contributed by atoms with van der Waals surface area (Å²) in [7, 11) is 0. The lowest BCUT2D eigenvalue weighted by Crippen LogP contribution is -2.50. The molecule has 1 aromatic heterocycles. The van der Waals surface area contributed by atoms with Crippen molar-refractivity contribution in [1.29, 1.82) is 0 Å². The van der Waals surface area contributed by atoms with Crippen LogP contribution in [-0.2, 0) is 16.0 Å². The average Bonchev–Trinajstić information content (AvgIpc) is 2.72. The van der Waals surface area contributed by atoms with E-state index in [4.69, 9.17) is 4.74 Å². The Bertz CT molecular complexity index is 741. The summed E-state index contributed by atoms with van der Waals surface area (Å²) in [6, 6.07) is 9.01. The first-order valence-electron chi connectivity index (χ1n) is 8.73. The summed E-state index contributed by atoms with van der Waals surface area (Å²) >= 11 is 0. The second-order valence-electron chi connectivity index (χ2n) is 6.04. The number of carbonyl (C=O) groups is 2. The number of anilines is 1. The molecule has 26 heavy (non-hydrogen) atoms. The SMILES string of the molecule is CCc1ccc(C(=O)OCC(=O)N2CCN(c3ncccn3)CC2)cc1. The minimum Gasteiger partial charge on any atom is -0.452 e. The maximum absolute atomic E-state index is 12.3. The van der Waals surface area contributed by atoms with Gasteiger partial charge in [0.1, 0.15) is 0 Å². The Balaban J connectivity index is 1.46. The quantitative estimate of drug-likeness (QED) is 0.758. The van der Waals surface area contributed by atoms with Gasteiger partial charge in [-0.25, -0.2) is 14.8 Å². The maximum atomic E-state index is 12.3. The molecule has 136 valence electrons. The fourth-order valence-electron chi connectivity index (χ4n) is 2.79. The average molecular weight is 354 g/mol. The van der Waals surface area contributed by atoms with Crippen molar-refractivity contribution >= 4 is 17.8 Å². The number of benzene rings is 1. The highest BCUT2D eigenvalue weighted by Crippen LogP contribution is 2.10. The molecule has 3 rings (SSSR count). The molecule has 1 fully saturated rings. The summed E-state index contributed by atoms with van der Waals surface area (Å²) in [6.07, 6.45) is 4.31. The molecule has 0 radical (unpaired) electrons. The number of hydrogen-bond donors (Lipinski definition) is 0. The van der Waals surface area contributed by atoms with E-state index in [1.165, 1.54) is 0 Å². The van der Waals surface area contributed by atoms with Gasteiger partial charge in [0.05, 0.1) is 5.56 Å². The standard InChI is InChI=1S/C19H22N4O3/c1-2-15-4-6-16(7-5-15)18(25)26-14-17(24)22-10-12-23(13-11-22)19-20-8-3-9-21-19/h3-9H,2,10-14H2,1H3. The molecule has 7 heteroatoms. The molecular weight excluding hydrogens is 332 g/mol. The number of piperazine rings is 1. The number of hydrogen-bond acceptors (Lipinski definition) is 6. The van der Waals surface area contributed by atoms with Crippen molar-refractivity contribution in [1.82, 2.24) is 14.9 Å². The number of ether oxygens (including phenoxy) is 1. The number of aromatic nitrogens is 2. The van der Waals surface area contributed by atoms with Crippen LogP contribution in [0.2, 0.25) is 0 Å². The number of rotatable bonds is 5. The van der Waals surface area contributed by atoms with Gasteiger partial charge in [0.15, 0.2) is 6.61 Å². The smallest absolute Gasteiger partial charge is 0.338 e. The summed E-state index contributed by atoms with van der Waals surface area (Å²) < 4.78 is 5.16. The van der Waals surface area contributed by atoms with E-state index in [1.54, 1.807) is 35.5 Å². The van der Waals surface area contributed by atoms with Gasteiger partial charge in [0.25, 0.3) is 5.91 Å². The fraction of sp³-hybridized carbons (Fsp3) is 0.368. The summed E-state index contributed by atoms with van der Waals surface area (Å²) in [5.41, 5.74) is 1.61. The summed E-state index contributed by atoms with van der Waals surface area (Å²) in [6.45, 7) is 4.23. The summed E-state index contributed by atoms with van der Waals surface area (Å²) in [4.78, 5) is 36.5. The van der Waals surface area contributed by atoms with E-state index < -0.39 is 5.97 Å². The normalized spacial score (nSPS) is 14.2. The molecule has 7 nitrogen and oxygen atoms in total. The minimum atomic E-state index is -0.475. The zero-order valence-electron chi connectivity index (χ0n) is 14.8. The predicted molar refractivity (Wildman–Crippen MR) is 96.9 cm³/mol. The van der Waals surface area contributed by atoms with E-state index in [1.807, 2.05) is 17.0 Å². The first-order chi connectivity index (χ1) is 12.7. The molecule has 1 aliphatic heterocycles. The van der Waals surface area contributed by atoms with E-state index in [0.29, 0.717) is 37.7 Å².